The van der Waals surface area contributed by atoms with Crippen LogP contribution >= 0.6 is 0 Å². The summed E-state index contributed by atoms with van der Waals surface area (Å²) < 4.78 is 5.29. The number of ether oxygens (including phenoxy) is 1. The molecule has 3 fully saturated rings. The van der Waals surface area contributed by atoms with E-state index in [-0.39, 0.29) is 0 Å². The van der Waals surface area contributed by atoms with Gasteiger partial charge in [-0.05, 0) is 19.3 Å². The second-order valence-corrected chi connectivity index (χ2v) is 2.37. The maximum atomic E-state index is 5.29. The summed E-state index contributed by atoms with van der Waals surface area (Å²) in [6.45, 7) is 0. The van der Waals surface area contributed by atoms with Crippen molar-refractivity contribution in [1.82, 2.24) is 0 Å². The molecule has 1 saturated carbocycles. The van der Waals surface area contributed by atoms with Gasteiger partial charge in [-0.1, -0.05) is 0 Å². The van der Waals surface area contributed by atoms with Gasteiger partial charge in [0.25, 0.3) is 0 Å². The summed E-state index contributed by atoms with van der Waals surface area (Å²) in [4.78, 5) is 0. The van der Waals surface area contributed by atoms with Crippen LogP contribution in [0, 0.1) is 6.10 Å². The maximum Gasteiger partial charge on any atom is 0.1000 e. The lowest BCUT2D eigenvalue weighted by molar-refractivity contribution is -0.0792. The van der Waals surface area contributed by atoms with Gasteiger partial charge >= 0.3 is 0 Å². The highest BCUT2D eigenvalue weighted by Crippen LogP contribution is 2.39. The molecule has 1 atom stereocenters. The van der Waals surface area contributed by atoms with E-state index in [0.29, 0.717) is 6.10 Å². The molecule has 0 aromatic rings. The Morgan fingerprint density at radius 1 is 1.57 bits per heavy atom. The van der Waals surface area contributed by atoms with Gasteiger partial charge in [-0.15, -0.1) is 0 Å². The van der Waals surface area contributed by atoms with Crippen molar-refractivity contribution in [2.75, 3.05) is 0 Å². The van der Waals surface area contributed by atoms with E-state index < -0.39 is 0 Å². The zero-order valence-electron chi connectivity index (χ0n) is 4.31. The molecular weight excluding hydrogens is 88.1 g/mol. The van der Waals surface area contributed by atoms with Crippen molar-refractivity contribution in [3.8, 4) is 0 Å². The first-order valence-corrected chi connectivity index (χ1v) is 2.96. The molecule has 3 rings (SSSR count). The Morgan fingerprint density at radius 3 is 2.57 bits per heavy atom. The average molecular weight is 97.1 g/mol. The van der Waals surface area contributed by atoms with Crippen LogP contribution in [0.5, 0.6) is 0 Å². The predicted molar refractivity (Wildman–Crippen MR) is 26.6 cm³/mol. The Bertz CT molecular complexity index is 60.7. The van der Waals surface area contributed by atoms with Crippen LogP contribution in [0.4, 0.5) is 0 Å². The minimum atomic E-state index is 0.642. The summed E-state index contributed by atoms with van der Waals surface area (Å²) in [7, 11) is 0. The van der Waals surface area contributed by atoms with Crippen LogP contribution in [0.15, 0.2) is 0 Å². The molecule has 39 valence electrons. The van der Waals surface area contributed by atoms with E-state index in [9.17, 15) is 0 Å². The molecule has 0 N–H and O–H groups in total. The summed E-state index contributed by atoms with van der Waals surface area (Å²) in [5, 5.41) is 0. The quantitative estimate of drug-likeness (QED) is 0.445. The molecule has 1 radical (unpaired) electrons. The van der Waals surface area contributed by atoms with E-state index >= 15 is 0 Å². The van der Waals surface area contributed by atoms with Crippen molar-refractivity contribution in [2.24, 2.45) is 0 Å². The Hall–Kier alpha value is -0.0400. The van der Waals surface area contributed by atoms with Crippen LogP contribution in [0.1, 0.15) is 25.7 Å². The van der Waals surface area contributed by atoms with Crippen LogP contribution in [0.25, 0.3) is 0 Å². The molecule has 2 saturated heterocycles. The average Bonchev–Trinajstić information content (AvgIpc) is 1.67. The van der Waals surface area contributed by atoms with Gasteiger partial charge in [-0.3, -0.25) is 0 Å². The zero-order chi connectivity index (χ0) is 4.69. The van der Waals surface area contributed by atoms with Crippen molar-refractivity contribution in [1.29, 1.82) is 0 Å². The van der Waals surface area contributed by atoms with Gasteiger partial charge < -0.3 is 4.74 Å². The normalized spacial score (nSPS) is 40.3. The first-order chi connectivity index (χ1) is 3.45. The van der Waals surface area contributed by atoms with Crippen LogP contribution in [0.2, 0.25) is 0 Å². The van der Waals surface area contributed by atoms with Crippen LogP contribution in [-0.4, -0.2) is 6.10 Å². The second kappa shape index (κ2) is 1.22. The monoisotopic (exact) mass is 97.1 g/mol. The number of rotatable bonds is 0. The van der Waals surface area contributed by atoms with E-state index in [1.165, 1.54) is 31.8 Å². The van der Waals surface area contributed by atoms with Crippen LogP contribution in [-0.2, 0) is 4.74 Å². The molecule has 1 aliphatic carbocycles. The second-order valence-electron chi connectivity index (χ2n) is 2.37. The molecule has 0 amide bonds. The standard InChI is InChI=1S/C6H9O/c1-2-5-4-6(3-1)7-5/h5H,1-4H2. The highest BCUT2D eigenvalue weighted by atomic mass is 16.5. The molecule has 2 heterocycles. The highest BCUT2D eigenvalue weighted by Gasteiger charge is 2.34. The molecule has 2 bridgehead atoms. The van der Waals surface area contributed by atoms with E-state index in [1.54, 1.807) is 0 Å². The van der Waals surface area contributed by atoms with Crippen molar-refractivity contribution in [3.63, 3.8) is 0 Å². The molecule has 1 unspecified atom stereocenters. The fourth-order valence-electron chi connectivity index (χ4n) is 1.33. The molecular formula is C6H9O. The summed E-state index contributed by atoms with van der Waals surface area (Å²) in [5.74, 6) is 0. The Morgan fingerprint density at radius 2 is 2.43 bits per heavy atom. The lowest BCUT2D eigenvalue weighted by atomic mass is 9.89. The molecule has 0 spiro atoms. The molecule has 0 aromatic heterocycles. The Balaban J connectivity index is 1.99. The van der Waals surface area contributed by atoms with Crippen molar-refractivity contribution in [2.45, 2.75) is 31.8 Å². The van der Waals surface area contributed by atoms with Crippen molar-refractivity contribution >= 4 is 0 Å². The van der Waals surface area contributed by atoms with Gasteiger partial charge in [0.15, 0.2) is 0 Å². The van der Waals surface area contributed by atoms with Gasteiger partial charge in [-0.25, -0.2) is 0 Å². The largest absolute Gasteiger partial charge is 0.369 e. The highest BCUT2D eigenvalue weighted by molar-refractivity contribution is 4.97. The van der Waals surface area contributed by atoms with Crippen molar-refractivity contribution < 1.29 is 4.74 Å². The van der Waals surface area contributed by atoms with Gasteiger partial charge in [0.1, 0.15) is 0 Å². The fraction of sp³-hybridized carbons (Fsp3) is 0.833. The van der Waals surface area contributed by atoms with Crippen molar-refractivity contribution in [3.05, 3.63) is 6.10 Å². The Labute approximate surface area is 43.7 Å². The molecule has 1 heteroatoms. The van der Waals surface area contributed by atoms with E-state index in [1.807, 2.05) is 0 Å². The van der Waals surface area contributed by atoms with E-state index in [2.05, 4.69) is 0 Å². The molecule has 7 heavy (non-hydrogen) atoms. The smallest absolute Gasteiger partial charge is 0.1000 e. The SMILES string of the molecule is C1C[C]2CC(C1)O2. The van der Waals surface area contributed by atoms with E-state index in [4.69, 9.17) is 4.74 Å². The number of hydrogen-bond donors (Lipinski definition) is 0. The number of fused-ring (bicyclic) bond motifs is 2. The minimum Gasteiger partial charge on any atom is -0.369 e. The molecule has 0 aromatic carbocycles. The van der Waals surface area contributed by atoms with Crippen LogP contribution < -0.4 is 0 Å². The summed E-state index contributed by atoms with van der Waals surface area (Å²) in [5.41, 5.74) is 0. The van der Waals surface area contributed by atoms with Gasteiger partial charge in [0.2, 0.25) is 0 Å². The minimum absolute atomic E-state index is 0.642. The van der Waals surface area contributed by atoms with Gasteiger partial charge in [0.05, 0.1) is 12.2 Å². The third-order valence-electron chi connectivity index (χ3n) is 1.77. The third kappa shape index (κ3) is 0.480. The first kappa shape index (κ1) is 3.90. The zero-order valence-corrected chi connectivity index (χ0v) is 4.31. The lowest BCUT2D eigenvalue weighted by Gasteiger charge is -2.39. The third-order valence-corrected chi connectivity index (χ3v) is 1.77. The first-order valence-electron chi connectivity index (χ1n) is 2.96. The fourth-order valence-corrected chi connectivity index (χ4v) is 1.33. The van der Waals surface area contributed by atoms with E-state index in [0.717, 1.165) is 0 Å². The lowest BCUT2D eigenvalue weighted by Crippen LogP contribution is -2.35. The summed E-state index contributed by atoms with van der Waals surface area (Å²) in [6, 6.07) is 0. The molecule has 1 nitrogen and oxygen atoms in total. The topological polar surface area (TPSA) is 9.23 Å². The maximum absolute atomic E-state index is 5.29. The van der Waals surface area contributed by atoms with Gasteiger partial charge in [0, 0.05) is 6.42 Å². The molecule has 2 aliphatic heterocycles. The number of hydrogen-bond acceptors (Lipinski definition) is 1. The predicted octanol–water partition coefficient (Wildman–Crippen LogP) is 1.49. The molecule has 3 aliphatic rings. The van der Waals surface area contributed by atoms with Gasteiger partial charge in [-0.2, -0.15) is 0 Å². The summed E-state index contributed by atoms with van der Waals surface area (Å²) in [6.07, 6.45) is 7.21. The van der Waals surface area contributed by atoms with Crippen LogP contribution in [0.3, 0.4) is 0 Å². The summed E-state index contributed by atoms with van der Waals surface area (Å²) >= 11 is 0. The Kier molecular flexibility index (Phi) is 0.680.